The zero-order valence-corrected chi connectivity index (χ0v) is 15.2. The molecule has 2 heterocycles. The van der Waals surface area contributed by atoms with Gasteiger partial charge in [0.2, 0.25) is 0 Å². The minimum absolute atomic E-state index is 0.0716. The third kappa shape index (κ3) is 3.63. The van der Waals surface area contributed by atoms with Crippen LogP contribution in [0.4, 0.5) is 0 Å². The highest BCUT2D eigenvalue weighted by molar-refractivity contribution is 5.98. The molecule has 28 heavy (non-hydrogen) atoms. The van der Waals surface area contributed by atoms with Gasteiger partial charge in [0.15, 0.2) is 0 Å². The molecule has 1 amide bonds. The lowest BCUT2D eigenvalue weighted by atomic mass is 10.0. The van der Waals surface area contributed by atoms with E-state index in [1.807, 2.05) is 41.3 Å². The van der Waals surface area contributed by atoms with Gasteiger partial charge in [0.05, 0.1) is 54.5 Å². The van der Waals surface area contributed by atoms with Crippen molar-refractivity contribution in [2.75, 3.05) is 19.8 Å². The maximum absolute atomic E-state index is 13.4. The molecular weight excluding hydrogens is 354 g/mol. The number of para-hydroxylation sites is 1. The number of nitriles is 1. The number of nitrogens with zero attached hydrogens (tertiary/aromatic N) is 5. The predicted molar refractivity (Wildman–Crippen MR) is 102 cm³/mol. The van der Waals surface area contributed by atoms with Crippen LogP contribution in [-0.2, 0) is 11.2 Å². The molecular formula is C21H19N5O2. The van der Waals surface area contributed by atoms with Crippen molar-refractivity contribution in [2.24, 2.45) is 0 Å². The number of carbonyl (C=O) groups excluding carboxylic acids is 1. The van der Waals surface area contributed by atoms with Gasteiger partial charge in [-0.3, -0.25) is 4.79 Å². The summed E-state index contributed by atoms with van der Waals surface area (Å²) in [6, 6.07) is 16.9. The summed E-state index contributed by atoms with van der Waals surface area (Å²) in [6.07, 6.45) is 3.80. The van der Waals surface area contributed by atoms with E-state index in [1.54, 1.807) is 24.5 Å². The first-order chi connectivity index (χ1) is 13.8. The molecule has 3 aromatic rings. The fourth-order valence-electron chi connectivity index (χ4n) is 3.45. The van der Waals surface area contributed by atoms with Gasteiger partial charge in [-0.25, -0.2) is 0 Å². The highest BCUT2D eigenvalue weighted by Crippen LogP contribution is 2.20. The second-order valence-electron chi connectivity index (χ2n) is 6.58. The van der Waals surface area contributed by atoms with E-state index in [-0.39, 0.29) is 11.9 Å². The van der Waals surface area contributed by atoms with Crippen LogP contribution in [0.3, 0.4) is 0 Å². The van der Waals surface area contributed by atoms with E-state index in [2.05, 4.69) is 16.3 Å². The average Bonchev–Trinajstić information content (AvgIpc) is 3.29. The van der Waals surface area contributed by atoms with Crippen molar-refractivity contribution < 1.29 is 9.53 Å². The van der Waals surface area contributed by atoms with Crippen molar-refractivity contribution in [3.8, 4) is 11.8 Å². The number of morpholine rings is 1. The fourth-order valence-corrected chi connectivity index (χ4v) is 3.45. The fraction of sp³-hybridized carbons (Fsp3) is 0.238. The quantitative estimate of drug-likeness (QED) is 0.700. The normalized spacial score (nSPS) is 16.5. The van der Waals surface area contributed by atoms with Gasteiger partial charge in [0.1, 0.15) is 0 Å². The van der Waals surface area contributed by atoms with Crippen molar-refractivity contribution in [2.45, 2.75) is 12.5 Å². The number of hydrogen-bond acceptors (Lipinski definition) is 5. The van der Waals surface area contributed by atoms with Crippen LogP contribution in [0.15, 0.2) is 60.9 Å². The van der Waals surface area contributed by atoms with Crippen LogP contribution >= 0.6 is 0 Å². The van der Waals surface area contributed by atoms with E-state index in [0.717, 1.165) is 5.56 Å². The maximum atomic E-state index is 13.4. The molecule has 1 fully saturated rings. The van der Waals surface area contributed by atoms with E-state index in [9.17, 15) is 4.79 Å². The lowest BCUT2D eigenvalue weighted by molar-refractivity contribution is -0.00165. The van der Waals surface area contributed by atoms with Crippen LogP contribution in [0.2, 0.25) is 0 Å². The highest BCUT2D eigenvalue weighted by atomic mass is 16.5. The molecule has 0 aliphatic carbocycles. The number of ether oxygens (including phenoxy) is 1. The molecule has 0 radical (unpaired) electrons. The Labute approximate surface area is 162 Å². The molecule has 1 atom stereocenters. The molecule has 1 saturated heterocycles. The summed E-state index contributed by atoms with van der Waals surface area (Å²) in [4.78, 5) is 16.7. The second-order valence-corrected chi connectivity index (χ2v) is 6.58. The molecule has 0 bridgehead atoms. The Morgan fingerprint density at radius 1 is 1.18 bits per heavy atom. The topological polar surface area (TPSA) is 84.0 Å². The number of hydrogen-bond donors (Lipinski definition) is 0. The summed E-state index contributed by atoms with van der Waals surface area (Å²) in [5.74, 6) is -0.0716. The monoisotopic (exact) mass is 373 g/mol. The van der Waals surface area contributed by atoms with Crippen LogP contribution in [-0.4, -0.2) is 51.6 Å². The number of rotatable bonds is 4. The Bertz CT molecular complexity index is 1010. The number of aromatic nitrogens is 3. The minimum Gasteiger partial charge on any atom is -0.377 e. The maximum Gasteiger partial charge on any atom is 0.256 e. The molecule has 1 aliphatic heterocycles. The van der Waals surface area contributed by atoms with E-state index in [1.165, 1.54) is 4.80 Å². The van der Waals surface area contributed by atoms with Gasteiger partial charge in [0, 0.05) is 6.54 Å². The van der Waals surface area contributed by atoms with Crippen LogP contribution in [0.1, 0.15) is 21.5 Å². The molecule has 4 rings (SSSR count). The lowest BCUT2D eigenvalue weighted by Crippen LogP contribution is -2.50. The molecule has 2 aromatic carbocycles. The zero-order valence-electron chi connectivity index (χ0n) is 15.2. The SMILES string of the molecule is N#Cc1cccc(CC2COCCN2C(=O)c2ccccc2-n2nccn2)c1. The molecule has 7 heteroatoms. The van der Waals surface area contributed by atoms with E-state index in [0.29, 0.717) is 43.0 Å². The van der Waals surface area contributed by atoms with Crippen molar-refractivity contribution in [1.82, 2.24) is 19.9 Å². The van der Waals surface area contributed by atoms with Crippen LogP contribution < -0.4 is 0 Å². The first kappa shape index (κ1) is 17.9. The molecule has 7 nitrogen and oxygen atoms in total. The summed E-state index contributed by atoms with van der Waals surface area (Å²) < 4.78 is 5.64. The smallest absolute Gasteiger partial charge is 0.256 e. The molecule has 0 spiro atoms. The van der Waals surface area contributed by atoms with Gasteiger partial charge < -0.3 is 9.64 Å². The summed E-state index contributed by atoms with van der Waals surface area (Å²) in [7, 11) is 0. The average molecular weight is 373 g/mol. The van der Waals surface area contributed by atoms with Crippen molar-refractivity contribution in [3.63, 3.8) is 0 Å². The largest absolute Gasteiger partial charge is 0.377 e. The first-order valence-corrected chi connectivity index (χ1v) is 9.10. The summed E-state index contributed by atoms with van der Waals surface area (Å²) in [6.45, 7) is 1.48. The molecule has 1 unspecified atom stereocenters. The van der Waals surface area contributed by atoms with E-state index < -0.39 is 0 Å². The van der Waals surface area contributed by atoms with Gasteiger partial charge in [-0.2, -0.15) is 20.3 Å². The van der Waals surface area contributed by atoms with Gasteiger partial charge >= 0.3 is 0 Å². The summed E-state index contributed by atoms with van der Waals surface area (Å²) in [5.41, 5.74) is 2.82. The Balaban J connectivity index is 1.62. The molecule has 1 aromatic heterocycles. The number of benzene rings is 2. The van der Waals surface area contributed by atoms with Crippen LogP contribution in [0, 0.1) is 11.3 Å². The third-order valence-corrected chi connectivity index (χ3v) is 4.78. The highest BCUT2D eigenvalue weighted by Gasteiger charge is 2.30. The van der Waals surface area contributed by atoms with Gasteiger partial charge in [-0.05, 0) is 36.2 Å². The Morgan fingerprint density at radius 3 is 2.82 bits per heavy atom. The molecule has 0 saturated carbocycles. The minimum atomic E-state index is -0.103. The Morgan fingerprint density at radius 2 is 2.00 bits per heavy atom. The predicted octanol–water partition coefficient (Wildman–Crippen LogP) is 2.22. The molecule has 0 N–H and O–H groups in total. The molecule has 1 aliphatic rings. The zero-order chi connectivity index (χ0) is 19.3. The number of amides is 1. The van der Waals surface area contributed by atoms with E-state index >= 15 is 0 Å². The van der Waals surface area contributed by atoms with Gasteiger partial charge in [-0.15, -0.1) is 0 Å². The Kier molecular flexibility index (Phi) is 5.13. The van der Waals surface area contributed by atoms with E-state index in [4.69, 9.17) is 10.00 Å². The molecule has 140 valence electrons. The van der Waals surface area contributed by atoms with Crippen LogP contribution in [0.25, 0.3) is 5.69 Å². The van der Waals surface area contributed by atoms with Crippen molar-refractivity contribution in [1.29, 1.82) is 5.26 Å². The second kappa shape index (κ2) is 8.03. The van der Waals surface area contributed by atoms with Crippen molar-refractivity contribution >= 4 is 5.91 Å². The van der Waals surface area contributed by atoms with Gasteiger partial charge in [0.25, 0.3) is 5.91 Å². The first-order valence-electron chi connectivity index (χ1n) is 9.10. The standard InChI is InChI=1S/C21H19N5O2/c22-14-17-5-3-4-16(12-17)13-18-15-28-11-10-25(18)21(27)19-6-1-2-7-20(19)26-23-8-9-24-26/h1-9,12,18H,10-11,13,15H2. The summed E-state index contributed by atoms with van der Waals surface area (Å²) in [5, 5.41) is 17.4. The number of carbonyl (C=O) groups is 1. The van der Waals surface area contributed by atoms with Crippen LogP contribution in [0.5, 0.6) is 0 Å². The summed E-state index contributed by atoms with van der Waals surface area (Å²) >= 11 is 0. The van der Waals surface area contributed by atoms with Gasteiger partial charge in [-0.1, -0.05) is 24.3 Å². The Hall–Kier alpha value is -3.50. The lowest BCUT2D eigenvalue weighted by Gasteiger charge is -2.36. The third-order valence-electron chi connectivity index (χ3n) is 4.78. The van der Waals surface area contributed by atoms with Crippen molar-refractivity contribution in [3.05, 3.63) is 77.6 Å².